The lowest BCUT2D eigenvalue weighted by molar-refractivity contribution is -0.156. The van der Waals surface area contributed by atoms with Gasteiger partial charge in [-0.25, -0.2) is 8.42 Å². The van der Waals surface area contributed by atoms with Gasteiger partial charge in [0.2, 0.25) is 5.91 Å². The van der Waals surface area contributed by atoms with Gasteiger partial charge in [-0.15, -0.1) is 0 Å². The zero-order valence-electron chi connectivity index (χ0n) is 18.0. The number of nitrogens with zero attached hydrogens (tertiary/aromatic N) is 1. The van der Waals surface area contributed by atoms with Crippen LogP contribution in [0.2, 0.25) is 0 Å². The smallest absolute Gasteiger partial charge is 0.317 e. The Bertz CT molecular complexity index is 1090. The second-order valence-electron chi connectivity index (χ2n) is 7.88. The third-order valence-corrected chi connectivity index (χ3v) is 6.81. The molecule has 2 amide bonds. The Morgan fingerprint density at radius 2 is 1.59 bits per heavy atom. The van der Waals surface area contributed by atoms with Gasteiger partial charge in [-0.1, -0.05) is 30.3 Å². The van der Waals surface area contributed by atoms with E-state index >= 15 is 0 Å². The first-order valence-corrected chi connectivity index (χ1v) is 12.1. The molecule has 0 radical (unpaired) electrons. The molecule has 2 aromatic carbocycles. The van der Waals surface area contributed by atoms with Gasteiger partial charge in [0.1, 0.15) is 0 Å². The number of benzene rings is 2. The van der Waals surface area contributed by atoms with E-state index in [1.165, 1.54) is 31.2 Å². The highest BCUT2D eigenvalue weighted by molar-refractivity contribution is 7.90. The normalized spacial score (nSPS) is 15.6. The molecular formula is C23H26N2O6S. The van der Waals surface area contributed by atoms with Gasteiger partial charge in [-0.3, -0.25) is 14.4 Å². The van der Waals surface area contributed by atoms with E-state index in [2.05, 4.69) is 5.32 Å². The minimum Gasteiger partial charge on any atom is -0.455 e. The number of esters is 1. The van der Waals surface area contributed by atoms with Crippen LogP contribution in [-0.4, -0.2) is 57.1 Å². The van der Waals surface area contributed by atoms with Crippen LogP contribution in [0.15, 0.2) is 59.5 Å². The fourth-order valence-electron chi connectivity index (χ4n) is 3.82. The lowest BCUT2D eigenvalue weighted by Crippen LogP contribution is -2.49. The van der Waals surface area contributed by atoms with Crippen LogP contribution in [0.1, 0.15) is 25.3 Å². The van der Waals surface area contributed by atoms with Crippen LogP contribution in [-0.2, 0) is 34.4 Å². The van der Waals surface area contributed by atoms with Gasteiger partial charge in [-0.2, -0.15) is 0 Å². The van der Waals surface area contributed by atoms with Crippen LogP contribution >= 0.6 is 0 Å². The summed E-state index contributed by atoms with van der Waals surface area (Å²) in [6, 6.07) is 15.0. The molecule has 8 nitrogen and oxygen atoms in total. The van der Waals surface area contributed by atoms with Gasteiger partial charge in [0.25, 0.3) is 5.91 Å². The number of amides is 2. The standard InChI is InChI=1S/C23H26N2O6S/c1-17(26)25-14-12-23(13-15-25,18-6-4-3-5-7-18)22(28)31-16-21(27)24-19-8-10-20(11-9-19)32(2,29)30/h3-11H,12-16H2,1-2H3,(H,24,27). The number of hydrogen-bond donors (Lipinski definition) is 1. The molecule has 2 aromatic rings. The van der Waals surface area contributed by atoms with Crippen molar-refractivity contribution in [3.05, 3.63) is 60.2 Å². The van der Waals surface area contributed by atoms with Gasteiger partial charge in [-0.05, 0) is 42.7 Å². The molecule has 1 N–H and O–H groups in total. The van der Waals surface area contributed by atoms with Crippen LogP contribution in [0.3, 0.4) is 0 Å². The van der Waals surface area contributed by atoms with Crippen molar-refractivity contribution >= 4 is 33.3 Å². The summed E-state index contributed by atoms with van der Waals surface area (Å²) < 4.78 is 28.5. The summed E-state index contributed by atoms with van der Waals surface area (Å²) in [7, 11) is -3.33. The molecule has 1 aliphatic rings. The van der Waals surface area contributed by atoms with E-state index in [-0.39, 0.29) is 10.8 Å². The lowest BCUT2D eigenvalue weighted by atomic mass is 9.72. The predicted octanol–water partition coefficient (Wildman–Crippen LogP) is 2.15. The molecule has 0 spiro atoms. The number of ether oxygens (including phenoxy) is 1. The zero-order chi connectivity index (χ0) is 23.4. The Morgan fingerprint density at radius 1 is 1.00 bits per heavy atom. The Hall–Kier alpha value is -3.20. The third kappa shape index (κ3) is 5.34. The number of rotatable bonds is 6. The van der Waals surface area contributed by atoms with Crippen LogP contribution in [0.5, 0.6) is 0 Å². The number of nitrogens with one attached hydrogen (secondary N) is 1. The van der Waals surface area contributed by atoms with Gasteiger partial charge < -0.3 is 15.0 Å². The molecule has 1 saturated heterocycles. The van der Waals surface area contributed by atoms with Crippen molar-refractivity contribution in [2.45, 2.75) is 30.1 Å². The zero-order valence-corrected chi connectivity index (χ0v) is 18.9. The van der Waals surface area contributed by atoms with E-state index < -0.39 is 33.7 Å². The molecule has 1 aliphatic heterocycles. The molecule has 1 heterocycles. The largest absolute Gasteiger partial charge is 0.455 e. The predicted molar refractivity (Wildman–Crippen MR) is 119 cm³/mol. The minimum absolute atomic E-state index is 0.0405. The Balaban J connectivity index is 1.66. The number of sulfone groups is 1. The second kappa shape index (κ2) is 9.52. The molecule has 0 aromatic heterocycles. The van der Waals surface area contributed by atoms with Crippen LogP contribution in [0.25, 0.3) is 0 Å². The molecule has 0 atom stereocenters. The SMILES string of the molecule is CC(=O)N1CCC(C(=O)OCC(=O)Nc2ccc(S(C)(=O)=O)cc2)(c2ccccc2)CC1. The van der Waals surface area contributed by atoms with Gasteiger partial charge in [0.15, 0.2) is 16.4 Å². The maximum Gasteiger partial charge on any atom is 0.317 e. The van der Waals surface area contributed by atoms with E-state index in [0.29, 0.717) is 31.6 Å². The summed E-state index contributed by atoms with van der Waals surface area (Å²) in [5.41, 5.74) is 0.265. The number of hydrogen-bond acceptors (Lipinski definition) is 6. The number of carbonyl (C=O) groups is 3. The third-order valence-electron chi connectivity index (χ3n) is 5.68. The maximum absolute atomic E-state index is 13.1. The first kappa shape index (κ1) is 23.5. The molecule has 0 unspecified atom stereocenters. The van der Waals surface area contributed by atoms with Crippen LogP contribution in [0.4, 0.5) is 5.69 Å². The van der Waals surface area contributed by atoms with E-state index in [4.69, 9.17) is 4.74 Å². The highest BCUT2D eigenvalue weighted by Gasteiger charge is 2.44. The summed E-state index contributed by atoms with van der Waals surface area (Å²) in [4.78, 5) is 39.0. The molecule has 0 saturated carbocycles. The van der Waals surface area contributed by atoms with Crippen molar-refractivity contribution in [2.24, 2.45) is 0 Å². The summed E-state index contributed by atoms with van der Waals surface area (Å²) in [5.74, 6) is -1.08. The van der Waals surface area contributed by atoms with E-state index in [1.54, 1.807) is 4.90 Å². The average molecular weight is 459 g/mol. The highest BCUT2D eigenvalue weighted by Crippen LogP contribution is 2.37. The average Bonchev–Trinajstić information content (AvgIpc) is 2.77. The summed E-state index contributed by atoms with van der Waals surface area (Å²) in [6.07, 6.45) is 1.91. The Kier molecular flexibility index (Phi) is 6.98. The number of likely N-dealkylation sites (tertiary alicyclic amines) is 1. The van der Waals surface area contributed by atoms with Gasteiger partial charge in [0.05, 0.1) is 10.3 Å². The van der Waals surface area contributed by atoms with Crippen LogP contribution in [0, 0.1) is 0 Å². The van der Waals surface area contributed by atoms with Crippen molar-refractivity contribution < 1.29 is 27.5 Å². The molecule has 0 aliphatic carbocycles. The molecule has 32 heavy (non-hydrogen) atoms. The van der Waals surface area contributed by atoms with Gasteiger partial charge in [0, 0.05) is 32.0 Å². The molecular weight excluding hydrogens is 432 g/mol. The number of anilines is 1. The maximum atomic E-state index is 13.1. The Morgan fingerprint density at radius 3 is 2.12 bits per heavy atom. The molecule has 170 valence electrons. The van der Waals surface area contributed by atoms with E-state index in [0.717, 1.165) is 11.8 Å². The van der Waals surface area contributed by atoms with Crippen molar-refractivity contribution in [1.82, 2.24) is 4.90 Å². The molecule has 0 bridgehead atoms. The van der Waals surface area contributed by atoms with E-state index in [1.807, 2.05) is 30.3 Å². The molecule has 3 rings (SSSR count). The molecule has 9 heteroatoms. The van der Waals surface area contributed by atoms with Crippen molar-refractivity contribution in [3.8, 4) is 0 Å². The van der Waals surface area contributed by atoms with Gasteiger partial charge >= 0.3 is 5.97 Å². The first-order chi connectivity index (χ1) is 15.1. The van der Waals surface area contributed by atoms with E-state index in [9.17, 15) is 22.8 Å². The number of piperidine rings is 1. The van der Waals surface area contributed by atoms with Crippen molar-refractivity contribution in [2.75, 3.05) is 31.3 Å². The van der Waals surface area contributed by atoms with Crippen LogP contribution < -0.4 is 5.32 Å². The fraction of sp³-hybridized carbons (Fsp3) is 0.348. The summed E-state index contributed by atoms with van der Waals surface area (Å²) in [6.45, 7) is 1.88. The minimum atomic E-state index is -3.33. The summed E-state index contributed by atoms with van der Waals surface area (Å²) >= 11 is 0. The first-order valence-electron chi connectivity index (χ1n) is 10.2. The topological polar surface area (TPSA) is 110 Å². The van der Waals surface area contributed by atoms with Crippen molar-refractivity contribution in [1.29, 1.82) is 0 Å². The summed E-state index contributed by atoms with van der Waals surface area (Å²) in [5, 5.41) is 2.59. The monoisotopic (exact) mass is 458 g/mol. The lowest BCUT2D eigenvalue weighted by Gasteiger charge is -2.40. The highest BCUT2D eigenvalue weighted by atomic mass is 32.2. The molecule has 1 fully saturated rings. The van der Waals surface area contributed by atoms with Crippen molar-refractivity contribution in [3.63, 3.8) is 0 Å². The quantitative estimate of drug-likeness (QED) is 0.665. The fourth-order valence-corrected chi connectivity index (χ4v) is 4.45. The number of carbonyl (C=O) groups excluding carboxylic acids is 3. The second-order valence-corrected chi connectivity index (χ2v) is 9.89. The Labute approximate surface area is 187 Å².